The van der Waals surface area contributed by atoms with Crippen LogP contribution in [-0.4, -0.2) is 28.5 Å². The highest BCUT2D eigenvalue weighted by Crippen LogP contribution is 2.35. The molecule has 4 rings (SSSR count). The third kappa shape index (κ3) is 2.38. The maximum Gasteiger partial charge on any atom is 0.273 e. The second-order valence-electron chi connectivity index (χ2n) is 6.64. The van der Waals surface area contributed by atoms with Crippen molar-refractivity contribution in [2.75, 3.05) is 18.8 Å². The van der Waals surface area contributed by atoms with Gasteiger partial charge in [0.1, 0.15) is 5.82 Å². The average molecular weight is 327 g/mol. The standard InChI is InChI=1S/C18H18FN3O2/c19-14-3-1-12(2-4-14)17(23)21-8-11-7-13(10-21)16-6-5-15(20)18(24)22(16)9-11/h1-6,11,13H,7-10,20H2. The van der Waals surface area contributed by atoms with Crippen molar-refractivity contribution in [2.45, 2.75) is 18.9 Å². The third-order valence-corrected chi connectivity index (χ3v) is 5.01. The van der Waals surface area contributed by atoms with E-state index in [-0.39, 0.29) is 34.8 Å². The molecular formula is C18H18FN3O2. The number of likely N-dealkylation sites (tertiary alicyclic amines) is 1. The van der Waals surface area contributed by atoms with Crippen LogP contribution in [0.15, 0.2) is 41.2 Å². The highest BCUT2D eigenvalue weighted by molar-refractivity contribution is 5.94. The quantitative estimate of drug-likeness (QED) is 0.869. The molecule has 0 saturated carbocycles. The minimum absolute atomic E-state index is 0.0871. The molecule has 1 saturated heterocycles. The number of benzene rings is 1. The Labute approximate surface area is 138 Å². The molecule has 1 aromatic heterocycles. The van der Waals surface area contributed by atoms with E-state index in [0.717, 1.165) is 12.1 Å². The Morgan fingerprint density at radius 1 is 1.08 bits per heavy atom. The van der Waals surface area contributed by atoms with Gasteiger partial charge in [-0.1, -0.05) is 0 Å². The molecule has 24 heavy (non-hydrogen) atoms. The van der Waals surface area contributed by atoms with Crippen LogP contribution in [0.5, 0.6) is 0 Å². The van der Waals surface area contributed by atoms with E-state index < -0.39 is 0 Å². The van der Waals surface area contributed by atoms with Crippen molar-refractivity contribution < 1.29 is 9.18 Å². The van der Waals surface area contributed by atoms with Crippen LogP contribution in [0.3, 0.4) is 0 Å². The maximum absolute atomic E-state index is 13.0. The summed E-state index contributed by atoms with van der Waals surface area (Å²) in [5.74, 6) is -0.0701. The topological polar surface area (TPSA) is 68.3 Å². The SMILES string of the molecule is Nc1ccc2n(c1=O)CC1CC2CN(C(=O)c2ccc(F)cc2)C1. The Morgan fingerprint density at radius 2 is 1.83 bits per heavy atom. The Balaban J connectivity index is 1.63. The summed E-state index contributed by atoms with van der Waals surface area (Å²) in [5, 5.41) is 0. The Bertz CT molecular complexity index is 860. The monoisotopic (exact) mass is 327 g/mol. The van der Waals surface area contributed by atoms with E-state index in [1.165, 1.54) is 24.3 Å². The zero-order valence-corrected chi connectivity index (χ0v) is 13.1. The van der Waals surface area contributed by atoms with Crippen molar-refractivity contribution in [2.24, 2.45) is 5.92 Å². The van der Waals surface area contributed by atoms with Crippen molar-refractivity contribution in [1.82, 2.24) is 9.47 Å². The first-order chi connectivity index (χ1) is 11.5. The molecule has 124 valence electrons. The lowest BCUT2D eigenvalue weighted by Crippen LogP contribution is -2.49. The molecule has 1 amide bonds. The smallest absolute Gasteiger partial charge is 0.273 e. The predicted molar refractivity (Wildman–Crippen MR) is 88.3 cm³/mol. The normalized spacial score (nSPS) is 22.1. The van der Waals surface area contributed by atoms with Crippen LogP contribution < -0.4 is 11.3 Å². The number of carbonyl (C=O) groups excluding carboxylic acids is 1. The van der Waals surface area contributed by atoms with E-state index in [4.69, 9.17) is 5.73 Å². The van der Waals surface area contributed by atoms with Crippen LogP contribution in [0.25, 0.3) is 0 Å². The van der Waals surface area contributed by atoms with Gasteiger partial charge in [0.05, 0.1) is 5.69 Å². The molecule has 0 radical (unpaired) electrons. The lowest BCUT2D eigenvalue weighted by molar-refractivity contribution is 0.0594. The summed E-state index contributed by atoms with van der Waals surface area (Å²) >= 11 is 0. The van der Waals surface area contributed by atoms with Gasteiger partial charge in [-0.3, -0.25) is 9.59 Å². The van der Waals surface area contributed by atoms with Crippen molar-refractivity contribution in [3.63, 3.8) is 0 Å². The fraction of sp³-hybridized carbons (Fsp3) is 0.333. The number of piperidine rings is 1. The first-order valence-electron chi connectivity index (χ1n) is 8.07. The van der Waals surface area contributed by atoms with Gasteiger partial charge in [0.2, 0.25) is 0 Å². The summed E-state index contributed by atoms with van der Waals surface area (Å²) < 4.78 is 14.8. The molecule has 1 aromatic carbocycles. The van der Waals surface area contributed by atoms with Crippen LogP contribution in [0, 0.1) is 11.7 Å². The number of carbonyl (C=O) groups is 1. The number of nitrogen functional groups attached to an aromatic ring is 1. The fourth-order valence-corrected chi connectivity index (χ4v) is 3.90. The molecule has 2 aliphatic rings. The molecular weight excluding hydrogens is 309 g/mol. The number of hydrogen-bond donors (Lipinski definition) is 1. The molecule has 2 unspecified atom stereocenters. The molecule has 2 atom stereocenters. The molecule has 1 fully saturated rings. The summed E-state index contributed by atoms with van der Waals surface area (Å²) in [4.78, 5) is 26.7. The number of amides is 1. The molecule has 3 heterocycles. The minimum atomic E-state index is -0.354. The van der Waals surface area contributed by atoms with Gasteiger partial charge in [0, 0.05) is 36.8 Å². The lowest BCUT2D eigenvalue weighted by Gasteiger charge is -2.42. The third-order valence-electron chi connectivity index (χ3n) is 5.01. The molecule has 0 spiro atoms. The summed E-state index contributed by atoms with van der Waals surface area (Å²) in [6.07, 6.45) is 0.969. The summed E-state index contributed by atoms with van der Waals surface area (Å²) in [6.45, 7) is 1.76. The molecule has 5 nitrogen and oxygen atoms in total. The molecule has 2 N–H and O–H groups in total. The van der Waals surface area contributed by atoms with Crippen LogP contribution in [0.4, 0.5) is 10.1 Å². The number of aromatic nitrogens is 1. The van der Waals surface area contributed by atoms with Gasteiger partial charge in [-0.2, -0.15) is 0 Å². The number of nitrogens with zero attached hydrogens (tertiary/aromatic N) is 2. The molecule has 6 heteroatoms. The number of hydrogen-bond acceptors (Lipinski definition) is 3. The number of fused-ring (bicyclic) bond motifs is 4. The van der Waals surface area contributed by atoms with E-state index in [0.29, 0.717) is 25.2 Å². The minimum Gasteiger partial charge on any atom is -0.394 e. The lowest BCUT2D eigenvalue weighted by atomic mass is 9.83. The van der Waals surface area contributed by atoms with Gasteiger partial charge in [0.25, 0.3) is 11.5 Å². The predicted octanol–water partition coefficient (Wildman–Crippen LogP) is 1.83. The van der Waals surface area contributed by atoms with Crippen LogP contribution in [0.1, 0.15) is 28.4 Å². The van der Waals surface area contributed by atoms with Crippen LogP contribution in [-0.2, 0) is 6.54 Å². The van der Waals surface area contributed by atoms with Crippen LogP contribution in [0.2, 0.25) is 0 Å². The highest BCUT2D eigenvalue weighted by Gasteiger charge is 2.36. The first-order valence-corrected chi connectivity index (χ1v) is 8.07. The second kappa shape index (κ2) is 5.47. The number of nitrogens with two attached hydrogens (primary N) is 1. The fourth-order valence-electron chi connectivity index (χ4n) is 3.90. The zero-order chi connectivity index (χ0) is 16.8. The first kappa shape index (κ1) is 14.9. The van der Waals surface area contributed by atoms with E-state index in [1.807, 2.05) is 11.0 Å². The van der Waals surface area contributed by atoms with Crippen molar-refractivity contribution >= 4 is 11.6 Å². The Hall–Kier alpha value is -2.63. The zero-order valence-electron chi connectivity index (χ0n) is 13.1. The van der Waals surface area contributed by atoms with Gasteiger partial charge < -0.3 is 15.2 Å². The van der Waals surface area contributed by atoms with E-state index >= 15 is 0 Å². The number of rotatable bonds is 1. The summed E-state index contributed by atoms with van der Waals surface area (Å²) in [6, 6.07) is 9.17. The molecule has 0 aliphatic carbocycles. The summed E-state index contributed by atoms with van der Waals surface area (Å²) in [7, 11) is 0. The van der Waals surface area contributed by atoms with Gasteiger partial charge in [-0.15, -0.1) is 0 Å². The Morgan fingerprint density at radius 3 is 2.58 bits per heavy atom. The molecule has 2 aliphatic heterocycles. The Kier molecular flexibility index (Phi) is 3.40. The van der Waals surface area contributed by atoms with Gasteiger partial charge in [-0.25, -0.2) is 4.39 Å². The molecule has 2 aromatic rings. The van der Waals surface area contributed by atoms with E-state index in [2.05, 4.69) is 0 Å². The second-order valence-corrected chi connectivity index (χ2v) is 6.64. The number of pyridine rings is 1. The largest absolute Gasteiger partial charge is 0.394 e. The summed E-state index contributed by atoms with van der Waals surface area (Å²) in [5.41, 5.74) is 7.29. The number of anilines is 1. The van der Waals surface area contributed by atoms with Gasteiger partial charge in [-0.05, 0) is 48.7 Å². The van der Waals surface area contributed by atoms with Crippen molar-refractivity contribution in [3.8, 4) is 0 Å². The van der Waals surface area contributed by atoms with Crippen molar-refractivity contribution in [1.29, 1.82) is 0 Å². The van der Waals surface area contributed by atoms with Gasteiger partial charge >= 0.3 is 0 Å². The van der Waals surface area contributed by atoms with Crippen molar-refractivity contribution in [3.05, 3.63) is 63.8 Å². The maximum atomic E-state index is 13.0. The van der Waals surface area contributed by atoms with Gasteiger partial charge in [0.15, 0.2) is 0 Å². The molecule has 2 bridgehead atoms. The van der Waals surface area contributed by atoms with Crippen LogP contribution >= 0.6 is 0 Å². The van der Waals surface area contributed by atoms with E-state index in [9.17, 15) is 14.0 Å². The highest BCUT2D eigenvalue weighted by atomic mass is 19.1. The number of halogens is 1. The van der Waals surface area contributed by atoms with E-state index in [1.54, 1.807) is 10.6 Å². The average Bonchev–Trinajstić information content (AvgIpc) is 2.58.